The summed E-state index contributed by atoms with van der Waals surface area (Å²) in [4.78, 5) is 21.8. The number of aliphatic imine (C=N–C) groups is 5. The van der Waals surface area contributed by atoms with E-state index in [1.807, 2.05) is 0 Å². The number of fused-ring (bicyclic) bond motifs is 7. The number of rotatable bonds is 6. The molecule has 1 N–H and O–H groups in total. The first-order chi connectivity index (χ1) is 48.9. The van der Waals surface area contributed by atoms with Crippen LogP contribution in [0.2, 0.25) is 0 Å². The summed E-state index contributed by atoms with van der Waals surface area (Å²) in [5, 5.41) is -2.56. The Kier molecular flexibility index (Phi) is 16.8. The Morgan fingerprint density at radius 2 is 0.413 bits per heavy atom. The zero-order valence-electron chi connectivity index (χ0n) is 49.9. The van der Waals surface area contributed by atoms with Crippen molar-refractivity contribution in [2.75, 3.05) is 0 Å². The summed E-state index contributed by atoms with van der Waals surface area (Å²) >= 11 is 0. The minimum absolute atomic E-state index is 0.349. The molecule has 0 aliphatic carbocycles. The van der Waals surface area contributed by atoms with Gasteiger partial charge in [-0.25, -0.2) is 152 Å². The highest BCUT2D eigenvalue weighted by Gasteiger charge is 2.44. The molecule has 0 atom stereocenters. The predicted molar refractivity (Wildman–Crippen MR) is 306 cm³/mol. The highest BCUT2D eigenvalue weighted by atomic mass is 19.2. The molecule has 6 aliphatic heterocycles. The highest BCUT2D eigenvalue weighted by Crippen LogP contribution is 2.49. The minimum atomic E-state index is -2.93. The Morgan fingerprint density at radius 3 is 0.673 bits per heavy atom. The number of nitrogens with zero attached hydrogens (tertiary/aromatic N) is 5. The fourth-order valence-electron chi connectivity index (χ4n) is 11.7. The lowest BCUT2D eigenvalue weighted by atomic mass is 9.80. The van der Waals surface area contributed by atoms with E-state index in [1.54, 1.807) is 0 Å². The second-order valence-electron chi connectivity index (χ2n) is 22.8. The van der Waals surface area contributed by atoms with Crippen LogP contribution in [0.25, 0.3) is 33.4 Å². The second kappa shape index (κ2) is 24.8. The number of nitrogens with one attached hydrogen (secondary N) is 1. The van der Waals surface area contributed by atoms with Crippen LogP contribution >= 0.6 is 0 Å². The van der Waals surface area contributed by atoms with Gasteiger partial charge in [0.05, 0.1) is 90.4 Å². The third kappa shape index (κ3) is 10.3. The maximum atomic E-state index is 16.7. The first-order valence-electron chi connectivity index (χ1n) is 28.3. The van der Waals surface area contributed by atoms with Crippen LogP contribution in [0, 0.1) is 180 Å². The minimum Gasteiger partial charge on any atom is -0.354 e. The van der Waals surface area contributed by atoms with E-state index in [2.05, 4.69) is 29.9 Å². The maximum Gasteiger partial charge on any atom is 0.200 e. The second-order valence-corrected chi connectivity index (χ2v) is 22.8. The topological polar surface area (TPSA) is 77.6 Å². The van der Waals surface area contributed by atoms with Crippen molar-refractivity contribution in [3.05, 3.63) is 314 Å². The number of benzene rings is 6. The molecular formula is C68H18F30N6. The number of aromatic amines is 1. The number of H-pyrrole nitrogens is 1. The van der Waals surface area contributed by atoms with E-state index < -0.39 is 314 Å². The molecule has 0 radical (unpaired) electrons. The monoisotopic (exact) mass is 1490 g/mol. The Labute approximate surface area is 555 Å². The van der Waals surface area contributed by atoms with Crippen LogP contribution in [0.4, 0.5) is 132 Å². The van der Waals surface area contributed by atoms with Gasteiger partial charge in [-0.1, -0.05) is 13.8 Å². The molecule has 104 heavy (non-hydrogen) atoms. The van der Waals surface area contributed by atoms with Crippen molar-refractivity contribution in [1.29, 1.82) is 0 Å². The van der Waals surface area contributed by atoms with E-state index in [4.69, 9.17) is 0 Å². The average molecular weight is 1490 g/mol. The lowest BCUT2D eigenvalue weighted by Gasteiger charge is -2.23. The van der Waals surface area contributed by atoms with Gasteiger partial charge in [0, 0.05) is 49.6 Å². The van der Waals surface area contributed by atoms with Crippen molar-refractivity contribution >= 4 is 62.0 Å². The van der Waals surface area contributed by atoms with Gasteiger partial charge in [0.1, 0.15) is 0 Å². The molecule has 0 amide bonds. The molecule has 0 unspecified atom stereocenters. The standard InChI is InChI=1S/C68H18F30N6/c1-68(2)13-24-29(35-45(77)57(89)65(97)58(90)46(35)78)22-10-9-20(102-22)27(33-41(73)53(85)63(95)54(86)42(33)74)18-6-5-16(100-18)25(31-37(69)49(81)61(93)50(82)38(31)70)14-3-4-15(99-14)26(32-39(71)51(83)62(94)52(84)40(32)72)17-7-8-19(101-17)28(34-43(75)55(87)64(96)56(88)44(34)76)21-11-12-23(103-21)30(67(68)104-24)36-47(79)59(91)66(98)60(92)48(36)80/h3-13,99H,1-2H3. The van der Waals surface area contributed by atoms with Crippen LogP contribution < -0.4 is 10.7 Å². The average Bonchev–Trinajstić information content (AvgIpc) is 1.57. The molecule has 0 saturated heterocycles. The molecule has 0 spiro atoms. The van der Waals surface area contributed by atoms with Crippen molar-refractivity contribution < 1.29 is 132 Å². The Balaban J connectivity index is 1.28. The maximum absolute atomic E-state index is 16.7. The van der Waals surface area contributed by atoms with Crippen molar-refractivity contribution in [1.82, 2.24) is 4.98 Å². The number of allylic oxidation sites excluding steroid dienone is 13. The van der Waals surface area contributed by atoms with Gasteiger partial charge in [0.25, 0.3) is 0 Å². The Bertz CT molecular complexity index is 5750. The number of halogens is 30. The predicted octanol–water partition coefficient (Wildman–Crippen LogP) is 17.7. The van der Waals surface area contributed by atoms with Crippen molar-refractivity contribution in [2.45, 2.75) is 13.8 Å². The molecule has 530 valence electrons. The first-order valence-corrected chi connectivity index (χ1v) is 28.3. The fourth-order valence-corrected chi connectivity index (χ4v) is 11.7. The third-order valence-electron chi connectivity index (χ3n) is 16.4. The van der Waals surface area contributed by atoms with Gasteiger partial charge in [-0.2, -0.15) is 0 Å². The summed E-state index contributed by atoms with van der Waals surface area (Å²) in [6, 6.07) is 0.775. The van der Waals surface area contributed by atoms with Crippen molar-refractivity contribution in [3.63, 3.8) is 0 Å². The molecule has 0 fully saturated rings. The van der Waals surface area contributed by atoms with Crippen LogP contribution in [-0.4, -0.2) is 33.5 Å². The van der Waals surface area contributed by atoms with Crippen LogP contribution in [0.1, 0.15) is 47.2 Å². The zero-order valence-corrected chi connectivity index (χ0v) is 49.9. The van der Waals surface area contributed by atoms with E-state index >= 15 is 105 Å². The molecule has 6 aromatic carbocycles. The fraction of sp³-hybridized carbons (Fsp3) is 0.0441. The van der Waals surface area contributed by atoms with E-state index in [9.17, 15) is 26.3 Å². The summed E-state index contributed by atoms with van der Waals surface area (Å²) < 4.78 is 475. The van der Waals surface area contributed by atoms with Crippen LogP contribution in [0.15, 0.2) is 120 Å². The number of hydrogen-bond acceptors (Lipinski definition) is 5. The van der Waals surface area contributed by atoms with Gasteiger partial charge in [-0.15, -0.1) is 0 Å². The van der Waals surface area contributed by atoms with Crippen molar-refractivity contribution in [3.8, 4) is 0 Å². The normalized spacial score (nSPS) is 16.3. The summed E-state index contributed by atoms with van der Waals surface area (Å²) in [6.45, 7) is 1.64. The van der Waals surface area contributed by atoms with E-state index in [0.29, 0.717) is 66.8 Å². The van der Waals surface area contributed by atoms with Crippen molar-refractivity contribution in [2.24, 2.45) is 30.4 Å². The molecule has 12 bridgehead atoms. The van der Waals surface area contributed by atoms with E-state index in [-0.39, 0.29) is 0 Å². The molecule has 1 aromatic heterocycles. The highest BCUT2D eigenvalue weighted by molar-refractivity contribution is 6.38. The number of aromatic nitrogens is 1. The lowest BCUT2D eigenvalue weighted by Crippen LogP contribution is -2.24. The molecular weight excluding hydrogens is 1470 g/mol. The molecule has 13 rings (SSSR count). The first kappa shape index (κ1) is 70.7. The summed E-state index contributed by atoms with van der Waals surface area (Å²) in [6.07, 6.45) is 3.35. The van der Waals surface area contributed by atoms with Gasteiger partial charge >= 0.3 is 0 Å². The third-order valence-corrected chi connectivity index (χ3v) is 16.4. The molecule has 6 aliphatic rings. The molecule has 36 heteroatoms. The smallest absolute Gasteiger partial charge is 0.200 e. The van der Waals surface area contributed by atoms with Gasteiger partial charge in [0.15, 0.2) is 140 Å². The van der Waals surface area contributed by atoms with Gasteiger partial charge in [0.2, 0.25) is 34.9 Å². The summed E-state index contributed by atoms with van der Waals surface area (Å²) in [7, 11) is 0. The summed E-state index contributed by atoms with van der Waals surface area (Å²) in [5.41, 5.74) is -39.2. The molecule has 0 saturated carbocycles. The quantitative estimate of drug-likeness (QED) is 0.0978. The molecule has 7 aromatic rings. The lowest BCUT2D eigenvalue weighted by molar-refractivity contribution is 0.376. The largest absolute Gasteiger partial charge is 0.354 e. The summed E-state index contributed by atoms with van der Waals surface area (Å²) in [5.74, 6) is -86.3. The van der Waals surface area contributed by atoms with Crippen LogP contribution in [0.3, 0.4) is 0 Å². The van der Waals surface area contributed by atoms with Crippen LogP contribution in [0.5, 0.6) is 0 Å². The van der Waals surface area contributed by atoms with Gasteiger partial charge in [-0.3, -0.25) is 4.99 Å². The SMILES string of the molecule is CC1(C)C=C2N=C1C(c1c(F)c(F)c(F)c(F)c1F)=C1C=CC(=N1)C(c1c(F)c(F)c(F)c(F)c1F)=C1C=CC(=N1)C(c1c(F)c(F)c(F)c(F)c1F)=c1ccc([nH]1)=C(c1c(F)c(F)c(F)c(F)c1F)C1=NC(=C(c3c(F)c(F)c(F)c(F)c3F)C3=NC(=C2c2c(F)c(F)c(F)c(F)c2F)C=C3)C=C1. The molecule has 6 nitrogen and oxygen atoms in total. The zero-order chi connectivity index (χ0) is 75.7. The van der Waals surface area contributed by atoms with E-state index in [0.717, 1.165) is 13.8 Å². The Morgan fingerprint density at radius 1 is 0.221 bits per heavy atom. The van der Waals surface area contributed by atoms with E-state index in [1.165, 1.54) is 0 Å². The number of hydrogen-bond donors (Lipinski definition) is 1. The van der Waals surface area contributed by atoms with Crippen LogP contribution in [-0.2, 0) is 0 Å². The van der Waals surface area contributed by atoms with Gasteiger partial charge in [-0.05, 0) is 66.8 Å². The molecule has 7 heterocycles. The van der Waals surface area contributed by atoms with Gasteiger partial charge < -0.3 is 4.98 Å². The Hall–Kier alpha value is -11.8.